The summed E-state index contributed by atoms with van der Waals surface area (Å²) in [5.74, 6) is -0.352. The molecule has 0 spiro atoms. The lowest BCUT2D eigenvalue weighted by molar-refractivity contribution is -0.384. The molecule has 0 aliphatic heterocycles. The highest BCUT2D eigenvalue weighted by molar-refractivity contribution is 6.04. The number of anilines is 1. The number of nitrogens with one attached hydrogen (secondary N) is 1. The minimum Gasteiger partial charge on any atom is -0.319 e. The highest BCUT2D eigenvalue weighted by Gasteiger charge is 2.11. The quantitative estimate of drug-likeness (QED) is 0.541. The van der Waals surface area contributed by atoms with Crippen LogP contribution in [0.2, 0.25) is 0 Å². The third-order valence-electron chi connectivity index (χ3n) is 4.07. The Bertz CT molecular complexity index is 942. The van der Waals surface area contributed by atoms with Crippen molar-refractivity contribution in [1.82, 2.24) is 19.6 Å². The molecule has 0 fully saturated rings. The predicted molar refractivity (Wildman–Crippen MR) is 95.0 cm³/mol. The standard InChI is InChI=1S/C17H18N6O3/c1-3-22-12(2)14(8-19-22)10-21-11-15(9-18-21)20-17(24)13-4-6-16(7-5-13)23(25)26/h4-9,11H,3,10H2,1-2H3,(H,20,24). The van der Waals surface area contributed by atoms with E-state index in [2.05, 4.69) is 15.5 Å². The van der Waals surface area contributed by atoms with Crippen molar-refractivity contribution in [2.24, 2.45) is 0 Å². The van der Waals surface area contributed by atoms with Crippen molar-refractivity contribution in [3.05, 3.63) is 69.8 Å². The molecule has 0 aliphatic carbocycles. The van der Waals surface area contributed by atoms with Gasteiger partial charge in [-0.1, -0.05) is 0 Å². The Morgan fingerprint density at radius 1 is 1.23 bits per heavy atom. The van der Waals surface area contributed by atoms with Crippen LogP contribution >= 0.6 is 0 Å². The van der Waals surface area contributed by atoms with E-state index in [9.17, 15) is 14.9 Å². The minimum absolute atomic E-state index is 0.0580. The average Bonchev–Trinajstić information content (AvgIpc) is 3.22. The summed E-state index contributed by atoms with van der Waals surface area (Å²) in [5.41, 5.74) is 2.97. The SMILES string of the molecule is CCn1ncc(Cn2cc(NC(=O)c3ccc([N+](=O)[O-])cc3)cn2)c1C. The van der Waals surface area contributed by atoms with Crippen molar-refractivity contribution in [2.45, 2.75) is 26.9 Å². The highest BCUT2D eigenvalue weighted by atomic mass is 16.6. The molecule has 1 aromatic carbocycles. The minimum atomic E-state index is -0.506. The normalized spacial score (nSPS) is 10.7. The maximum absolute atomic E-state index is 12.2. The molecule has 0 radical (unpaired) electrons. The molecule has 0 unspecified atom stereocenters. The smallest absolute Gasteiger partial charge is 0.269 e. The Hall–Kier alpha value is -3.49. The molecule has 3 aromatic rings. The fourth-order valence-corrected chi connectivity index (χ4v) is 2.59. The van der Waals surface area contributed by atoms with E-state index in [1.165, 1.54) is 24.3 Å². The fraction of sp³-hybridized carbons (Fsp3) is 0.235. The van der Waals surface area contributed by atoms with E-state index in [4.69, 9.17) is 0 Å². The van der Waals surface area contributed by atoms with Crippen LogP contribution in [0.5, 0.6) is 0 Å². The summed E-state index contributed by atoms with van der Waals surface area (Å²) >= 11 is 0. The van der Waals surface area contributed by atoms with Crippen LogP contribution in [0, 0.1) is 17.0 Å². The van der Waals surface area contributed by atoms with E-state index in [0.717, 1.165) is 17.8 Å². The monoisotopic (exact) mass is 354 g/mol. The van der Waals surface area contributed by atoms with Gasteiger partial charge in [-0.3, -0.25) is 24.3 Å². The summed E-state index contributed by atoms with van der Waals surface area (Å²) in [6.07, 6.45) is 5.10. The predicted octanol–water partition coefficient (Wildman–Crippen LogP) is 2.62. The average molecular weight is 354 g/mol. The number of nitrogens with zero attached hydrogens (tertiary/aromatic N) is 5. The molecule has 0 bridgehead atoms. The maximum Gasteiger partial charge on any atom is 0.269 e. The van der Waals surface area contributed by atoms with E-state index in [1.54, 1.807) is 17.1 Å². The van der Waals surface area contributed by atoms with E-state index < -0.39 is 4.92 Å². The molecular formula is C17H18N6O3. The van der Waals surface area contributed by atoms with Crippen LogP contribution in [-0.4, -0.2) is 30.4 Å². The number of benzene rings is 1. The number of nitro benzene ring substituents is 1. The number of aryl methyl sites for hydroxylation is 1. The zero-order chi connectivity index (χ0) is 18.7. The van der Waals surface area contributed by atoms with Crippen molar-refractivity contribution < 1.29 is 9.72 Å². The Morgan fingerprint density at radius 2 is 1.96 bits per heavy atom. The van der Waals surface area contributed by atoms with Crippen molar-refractivity contribution in [2.75, 3.05) is 5.32 Å². The molecule has 134 valence electrons. The van der Waals surface area contributed by atoms with Crippen LogP contribution < -0.4 is 5.32 Å². The number of nitro groups is 1. The zero-order valence-electron chi connectivity index (χ0n) is 14.4. The Labute approximate surface area is 149 Å². The second-order valence-corrected chi connectivity index (χ2v) is 5.76. The summed E-state index contributed by atoms with van der Waals surface area (Å²) in [6, 6.07) is 5.43. The second-order valence-electron chi connectivity index (χ2n) is 5.76. The van der Waals surface area contributed by atoms with Gasteiger partial charge in [0.15, 0.2) is 0 Å². The van der Waals surface area contributed by atoms with E-state index in [0.29, 0.717) is 17.8 Å². The molecule has 0 aliphatic rings. The van der Waals surface area contributed by atoms with Crippen LogP contribution in [-0.2, 0) is 13.1 Å². The van der Waals surface area contributed by atoms with Gasteiger partial charge in [-0.25, -0.2) is 0 Å². The number of aromatic nitrogens is 4. The molecule has 9 heteroatoms. The van der Waals surface area contributed by atoms with Gasteiger partial charge < -0.3 is 5.32 Å². The lowest BCUT2D eigenvalue weighted by atomic mass is 10.2. The van der Waals surface area contributed by atoms with Crippen molar-refractivity contribution in [3.8, 4) is 0 Å². The molecule has 2 heterocycles. The molecule has 9 nitrogen and oxygen atoms in total. The third kappa shape index (κ3) is 3.61. The molecule has 0 saturated carbocycles. The van der Waals surface area contributed by atoms with Crippen LogP contribution in [0.1, 0.15) is 28.5 Å². The van der Waals surface area contributed by atoms with Crippen LogP contribution in [0.25, 0.3) is 0 Å². The third-order valence-corrected chi connectivity index (χ3v) is 4.07. The first-order valence-corrected chi connectivity index (χ1v) is 8.07. The van der Waals surface area contributed by atoms with Gasteiger partial charge in [0.1, 0.15) is 0 Å². The van der Waals surface area contributed by atoms with Crippen molar-refractivity contribution in [3.63, 3.8) is 0 Å². The first-order chi connectivity index (χ1) is 12.5. The van der Waals surface area contributed by atoms with Gasteiger partial charge in [0.05, 0.1) is 29.5 Å². The summed E-state index contributed by atoms with van der Waals surface area (Å²) in [4.78, 5) is 22.4. The number of amides is 1. The summed E-state index contributed by atoms with van der Waals surface area (Å²) in [5, 5.41) is 21.9. The van der Waals surface area contributed by atoms with Gasteiger partial charge in [-0.2, -0.15) is 10.2 Å². The maximum atomic E-state index is 12.2. The summed E-state index contributed by atoms with van der Waals surface area (Å²) in [7, 11) is 0. The first-order valence-electron chi connectivity index (χ1n) is 8.07. The van der Waals surface area contributed by atoms with Gasteiger partial charge in [0.2, 0.25) is 0 Å². The molecule has 0 atom stereocenters. The highest BCUT2D eigenvalue weighted by Crippen LogP contribution is 2.15. The van der Waals surface area contributed by atoms with E-state index in [-0.39, 0.29) is 11.6 Å². The van der Waals surface area contributed by atoms with Crippen LogP contribution in [0.4, 0.5) is 11.4 Å². The zero-order valence-corrected chi connectivity index (χ0v) is 14.4. The lowest BCUT2D eigenvalue weighted by Crippen LogP contribution is -2.11. The van der Waals surface area contributed by atoms with Crippen LogP contribution in [0.3, 0.4) is 0 Å². The first kappa shape index (κ1) is 17.3. The number of hydrogen-bond acceptors (Lipinski definition) is 5. The van der Waals surface area contributed by atoms with Gasteiger partial charge in [0, 0.05) is 41.7 Å². The molecule has 0 saturated heterocycles. The second kappa shape index (κ2) is 7.18. The van der Waals surface area contributed by atoms with Gasteiger partial charge >= 0.3 is 0 Å². The van der Waals surface area contributed by atoms with Crippen molar-refractivity contribution in [1.29, 1.82) is 0 Å². The lowest BCUT2D eigenvalue weighted by Gasteiger charge is -2.03. The topological polar surface area (TPSA) is 108 Å². The van der Waals surface area contributed by atoms with Gasteiger partial charge in [-0.15, -0.1) is 0 Å². The van der Waals surface area contributed by atoms with Gasteiger partial charge in [0.25, 0.3) is 11.6 Å². The molecule has 2 aromatic heterocycles. The Balaban J connectivity index is 1.66. The number of non-ortho nitro benzene ring substituents is 1. The molecular weight excluding hydrogens is 336 g/mol. The van der Waals surface area contributed by atoms with E-state index in [1.807, 2.05) is 24.7 Å². The molecule has 26 heavy (non-hydrogen) atoms. The molecule has 1 N–H and O–H groups in total. The molecule has 3 rings (SSSR count). The molecule has 1 amide bonds. The van der Waals surface area contributed by atoms with Gasteiger partial charge in [-0.05, 0) is 26.0 Å². The Morgan fingerprint density at radius 3 is 2.58 bits per heavy atom. The Kier molecular flexibility index (Phi) is 4.78. The number of carbonyl (C=O) groups is 1. The van der Waals surface area contributed by atoms with Crippen LogP contribution in [0.15, 0.2) is 42.9 Å². The summed E-state index contributed by atoms with van der Waals surface area (Å²) in [6.45, 7) is 5.40. The fourth-order valence-electron chi connectivity index (χ4n) is 2.59. The van der Waals surface area contributed by atoms with E-state index >= 15 is 0 Å². The van der Waals surface area contributed by atoms with Crippen molar-refractivity contribution >= 4 is 17.3 Å². The largest absolute Gasteiger partial charge is 0.319 e. The number of carbonyl (C=O) groups excluding carboxylic acids is 1. The number of rotatable bonds is 6. The number of hydrogen-bond donors (Lipinski definition) is 1. The summed E-state index contributed by atoms with van der Waals surface area (Å²) < 4.78 is 3.63.